The van der Waals surface area contributed by atoms with Crippen LogP contribution in [-0.4, -0.2) is 74.9 Å². The molecule has 10 heteroatoms. The summed E-state index contributed by atoms with van der Waals surface area (Å²) in [5, 5.41) is 30.3. The number of carbonyl (C=O) groups excluding carboxylic acids is 3. The number of carboxylic acids is 3. The van der Waals surface area contributed by atoms with Gasteiger partial charge >= 0.3 is 46.7 Å². The van der Waals surface area contributed by atoms with Crippen LogP contribution in [0, 0.1) is 17.8 Å². The molecular formula is C37H72O6S3Sn. The van der Waals surface area contributed by atoms with E-state index in [1.165, 1.54) is 94.3 Å². The Hall–Kier alpha value is 0.259. The summed E-state index contributed by atoms with van der Waals surface area (Å²) < 4.78 is 1.43. The van der Waals surface area contributed by atoms with E-state index in [0.717, 1.165) is 35.0 Å². The zero-order chi connectivity index (χ0) is 36.6. The van der Waals surface area contributed by atoms with Gasteiger partial charge in [0.25, 0.3) is 0 Å². The van der Waals surface area contributed by atoms with Crippen LogP contribution in [0.5, 0.6) is 0 Å². The summed E-state index contributed by atoms with van der Waals surface area (Å²) in [5.74, 6) is 4.99. The van der Waals surface area contributed by atoms with E-state index < -0.39 is 17.9 Å². The molecule has 0 aromatic heterocycles. The average molecular weight is 828 g/mol. The third kappa shape index (κ3) is 72.9. The van der Waals surface area contributed by atoms with Gasteiger partial charge in [-0.3, -0.25) is 0 Å². The Kier molecular flexibility index (Phi) is 53.2. The fraction of sp³-hybridized carbons (Fsp3) is 0.919. The Morgan fingerprint density at radius 3 is 0.915 bits per heavy atom. The van der Waals surface area contributed by atoms with Gasteiger partial charge in [-0.25, -0.2) is 0 Å². The molecule has 0 N–H and O–H groups in total. The van der Waals surface area contributed by atoms with Gasteiger partial charge in [0.15, 0.2) is 0 Å². The van der Waals surface area contributed by atoms with Gasteiger partial charge in [0.1, 0.15) is 0 Å². The zero-order valence-corrected chi connectivity index (χ0v) is 36.7. The molecule has 0 bridgehead atoms. The van der Waals surface area contributed by atoms with Gasteiger partial charge in [0, 0.05) is 17.9 Å². The molecule has 0 aliphatic carbocycles. The fourth-order valence-electron chi connectivity index (χ4n) is 3.75. The Labute approximate surface area is 317 Å². The quantitative estimate of drug-likeness (QED) is 0.0555. The number of hydrogen-bond donors (Lipinski definition) is 0. The Morgan fingerprint density at radius 1 is 0.468 bits per heavy atom. The van der Waals surface area contributed by atoms with Crippen LogP contribution in [0.4, 0.5) is 0 Å². The Morgan fingerprint density at radius 2 is 0.745 bits per heavy atom. The minimum absolute atomic E-state index is 0.191. The van der Waals surface area contributed by atoms with Gasteiger partial charge in [-0.05, 0) is 90.8 Å². The molecule has 0 atom stereocenters. The summed E-state index contributed by atoms with van der Waals surface area (Å²) in [6.07, 6.45) is 18.7. The predicted octanol–water partition coefficient (Wildman–Crippen LogP) is 7.60. The number of carboxylic acid groups (broad SMARTS) is 3. The van der Waals surface area contributed by atoms with Gasteiger partial charge in [0.05, 0.1) is 0 Å². The van der Waals surface area contributed by atoms with Crippen LogP contribution in [0.1, 0.15) is 158 Å². The maximum absolute atomic E-state index is 10.1. The van der Waals surface area contributed by atoms with Crippen LogP contribution in [0.25, 0.3) is 0 Å². The molecule has 0 aromatic carbocycles. The van der Waals surface area contributed by atoms with E-state index in [1.54, 1.807) is 57.8 Å². The van der Waals surface area contributed by atoms with Crippen molar-refractivity contribution >= 4 is 75.7 Å². The summed E-state index contributed by atoms with van der Waals surface area (Å²) in [6, 6.07) is 0. The minimum atomic E-state index is -0.933. The van der Waals surface area contributed by atoms with E-state index in [0.29, 0.717) is 17.3 Å². The van der Waals surface area contributed by atoms with Gasteiger partial charge in [-0.15, -0.1) is 0 Å². The molecular weight excluding hydrogens is 755 g/mol. The third-order valence-corrected chi connectivity index (χ3v) is 10.8. The first-order chi connectivity index (χ1) is 22.3. The number of rotatable bonds is 29. The number of carbonyl (C=O) groups is 3. The molecule has 0 saturated carbocycles. The van der Waals surface area contributed by atoms with Gasteiger partial charge in [-0.2, -0.15) is 35.3 Å². The van der Waals surface area contributed by atoms with Crippen molar-refractivity contribution in [2.75, 3.05) is 34.5 Å². The molecule has 0 aliphatic heterocycles. The Balaban J connectivity index is -0.000000275. The molecule has 0 radical (unpaired) electrons. The van der Waals surface area contributed by atoms with Crippen LogP contribution in [0.15, 0.2) is 0 Å². The fourth-order valence-corrected chi connectivity index (χ4v) is 7.53. The Bertz CT molecular complexity index is 569. The normalized spacial score (nSPS) is 10.6. The van der Waals surface area contributed by atoms with Crippen molar-refractivity contribution in [3.8, 4) is 0 Å². The summed E-state index contributed by atoms with van der Waals surface area (Å²) in [5.41, 5.74) is 0. The molecule has 6 nitrogen and oxygen atoms in total. The second kappa shape index (κ2) is 46.3. The van der Waals surface area contributed by atoms with E-state index in [1.807, 2.05) is 0 Å². The second-order valence-electron chi connectivity index (χ2n) is 13.0. The first-order valence-corrected chi connectivity index (χ1v) is 23.7. The third-order valence-electron chi connectivity index (χ3n) is 6.59. The van der Waals surface area contributed by atoms with E-state index >= 15 is 0 Å². The van der Waals surface area contributed by atoms with Crippen LogP contribution >= 0.6 is 35.3 Å². The summed E-state index contributed by atoms with van der Waals surface area (Å²) in [7, 11) is 0. The van der Waals surface area contributed by atoms with E-state index in [9.17, 15) is 29.7 Å². The van der Waals surface area contributed by atoms with Gasteiger partial charge < -0.3 is 29.7 Å². The monoisotopic (exact) mass is 828 g/mol. The molecule has 0 aromatic rings. The van der Waals surface area contributed by atoms with E-state index in [4.69, 9.17) is 0 Å². The zero-order valence-electron chi connectivity index (χ0n) is 31.4. The van der Waals surface area contributed by atoms with Crippen molar-refractivity contribution in [1.82, 2.24) is 0 Å². The van der Waals surface area contributed by atoms with Crippen LogP contribution in [0.3, 0.4) is 0 Å². The summed E-state index contributed by atoms with van der Waals surface area (Å²) >= 11 is 6.84. The molecule has 47 heavy (non-hydrogen) atoms. The number of aliphatic carboxylic acids is 3. The van der Waals surface area contributed by atoms with Crippen molar-refractivity contribution in [3.05, 3.63) is 0 Å². The van der Waals surface area contributed by atoms with Crippen LogP contribution < -0.4 is 15.3 Å². The SMILES string of the molecule is CC(C)CCCCCSCCC(=O)[O-].CC(C)CCCCCSCCC(=O)[O-].CC(C)CCCCCSCCC(=O)[O-].CCC[CH2][Sn+3]. The van der Waals surface area contributed by atoms with E-state index in [-0.39, 0.29) is 19.3 Å². The second-order valence-corrected chi connectivity index (χ2v) is 18.1. The van der Waals surface area contributed by atoms with E-state index in [2.05, 4.69) is 48.5 Å². The molecule has 0 unspecified atom stereocenters. The first-order valence-electron chi connectivity index (χ1n) is 18.3. The summed E-state index contributed by atoms with van der Waals surface area (Å²) in [4.78, 5) is 30.3. The predicted molar refractivity (Wildman–Crippen MR) is 206 cm³/mol. The number of thioether (sulfide) groups is 3. The standard InChI is InChI=1S/3C11H22O2S.C4H9.Sn/c3*1-10(2)6-4-3-5-8-14-9-7-11(12)13;1-3-4-2;/h3*10H,3-9H2,1-2H3,(H,12,13);1,3-4H2,2H3;/q;;;;+3/p-3. The topological polar surface area (TPSA) is 120 Å². The van der Waals surface area contributed by atoms with Gasteiger partial charge in [-0.1, -0.05) is 99.3 Å². The molecule has 0 fully saturated rings. The number of hydrogen-bond acceptors (Lipinski definition) is 9. The van der Waals surface area contributed by atoms with Crippen molar-refractivity contribution in [2.24, 2.45) is 17.8 Å². The van der Waals surface area contributed by atoms with Gasteiger partial charge in [0.2, 0.25) is 0 Å². The molecule has 0 spiro atoms. The maximum atomic E-state index is 10.1. The average Bonchev–Trinajstić information content (AvgIpc) is 2.98. The first kappa shape index (κ1) is 54.0. The number of unbranched alkanes of at least 4 members (excludes halogenated alkanes) is 7. The molecule has 0 heterocycles. The van der Waals surface area contributed by atoms with Crippen LogP contribution in [-0.2, 0) is 14.4 Å². The van der Waals surface area contributed by atoms with Crippen molar-refractivity contribution in [3.63, 3.8) is 0 Å². The van der Waals surface area contributed by atoms with Crippen LogP contribution in [0.2, 0.25) is 4.44 Å². The summed E-state index contributed by atoms with van der Waals surface area (Å²) in [6.45, 7) is 15.7. The molecule has 0 aliphatic rings. The van der Waals surface area contributed by atoms with Crippen molar-refractivity contribution < 1.29 is 29.7 Å². The molecule has 0 amide bonds. The molecule has 0 saturated heterocycles. The molecule has 278 valence electrons. The van der Waals surface area contributed by atoms with Crippen molar-refractivity contribution in [2.45, 2.75) is 162 Å². The van der Waals surface area contributed by atoms with Crippen molar-refractivity contribution in [1.29, 1.82) is 0 Å². The molecule has 0 rings (SSSR count).